The van der Waals surface area contributed by atoms with Crippen molar-refractivity contribution >= 4 is 41.3 Å². The maximum absolute atomic E-state index is 4.64. The Labute approximate surface area is 156 Å². The molecule has 0 amide bonds. The van der Waals surface area contributed by atoms with E-state index in [1.165, 1.54) is 9.75 Å². The molecule has 0 aliphatic heterocycles. The summed E-state index contributed by atoms with van der Waals surface area (Å²) in [6.07, 6.45) is 1.04. The molecule has 0 aromatic carbocycles. The lowest BCUT2D eigenvalue weighted by molar-refractivity contribution is 0.363. The van der Waals surface area contributed by atoms with Gasteiger partial charge in [-0.2, -0.15) is 0 Å². The molecule has 128 valence electrons. The minimum Gasteiger partial charge on any atom is -0.357 e. The number of nitrogens with zero attached hydrogens (tertiary/aromatic N) is 2. The first-order chi connectivity index (χ1) is 10.0. The van der Waals surface area contributed by atoms with Crippen molar-refractivity contribution in [1.82, 2.24) is 15.5 Å². The van der Waals surface area contributed by atoms with E-state index in [-0.39, 0.29) is 24.0 Å². The largest absolute Gasteiger partial charge is 0.357 e. The summed E-state index contributed by atoms with van der Waals surface area (Å²) in [6.45, 7) is 12.4. The van der Waals surface area contributed by atoms with Crippen molar-refractivity contribution in [1.29, 1.82) is 0 Å². The summed E-state index contributed by atoms with van der Waals surface area (Å²) in [5.74, 6) is 0.919. The number of halogens is 1. The third-order valence-corrected chi connectivity index (χ3v) is 4.35. The summed E-state index contributed by atoms with van der Waals surface area (Å²) in [5.41, 5.74) is 0. The summed E-state index contributed by atoms with van der Waals surface area (Å²) < 4.78 is 0. The van der Waals surface area contributed by atoms with Gasteiger partial charge < -0.3 is 15.5 Å². The zero-order chi connectivity index (χ0) is 15.7. The number of thiophene rings is 1. The fraction of sp³-hybridized carbons (Fsp3) is 0.688. The molecule has 1 atom stereocenters. The molecule has 1 unspecified atom stereocenters. The number of guanidine groups is 1. The van der Waals surface area contributed by atoms with Gasteiger partial charge in [0.05, 0.1) is 6.54 Å². The Morgan fingerprint density at radius 2 is 2.09 bits per heavy atom. The van der Waals surface area contributed by atoms with E-state index in [9.17, 15) is 0 Å². The Kier molecular flexibility index (Phi) is 11.9. The number of likely N-dealkylation sites (N-methyl/N-ethyl adjacent to an activating group) is 1. The molecule has 0 aliphatic rings. The average Bonchev–Trinajstić information content (AvgIpc) is 2.83. The Balaban J connectivity index is 0.00000441. The number of aryl methyl sites for hydroxylation is 1. The van der Waals surface area contributed by atoms with Gasteiger partial charge >= 0.3 is 0 Å². The SMILES string of the molecule is CCNC(=NCCN(C)CC)NC(C)Cc1ccc(C)s1.I. The standard InChI is InChI=1S/C16H30N4S.HI/c1-6-17-16(18-10-11-20(5)7-2)19-13(3)12-15-9-8-14(4)21-15;/h8-9,13H,6-7,10-12H2,1-5H3,(H2,17,18,19);1H. The lowest BCUT2D eigenvalue weighted by Crippen LogP contribution is -2.43. The maximum atomic E-state index is 4.64. The van der Waals surface area contributed by atoms with Gasteiger partial charge in [0, 0.05) is 35.3 Å². The van der Waals surface area contributed by atoms with Crippen LogP contribution in [0.1, 0.15) is 30.5 Å². The Morgan fingerprint density at radius 3 is 2.64 bits per heavy atom. The first-order valence-corrected chi connectivity index (χ1v) is 8.65. The van der Waals surface area contributed by atoms with Crippen molar-refractivity contribution in [2.45, 2.75) is 40.2 Å². The van der Waals surface area contributed by atoms with Gasteiger partial charge in [-0.1, -0.05) is 6.92 Å². The molecule has 1 aromatic heterocycles. The predicted octanol–water partition coefficient (Wildman–Crippen LogP) is 3.11. The zero-order valence-electron chi connectivity index (χ0n) is 14.5. The van der Waals surface area contributed by atoms with Crippen LogP contribution in [0.2, 0.25) is 0 Å². The van der Waals surface area contributed by atoms with Gasteiger partial charge in [-0.15, -0.1) is 35.3 Å². The van der Waals surface area contributed by atoms with E-state index < -0.39 is 0 Å². The van der Waals surface area contributed by atoms with Gasteiger partial charge in [0.25, 0.3) is 0 Å². The van der Waals surface area contributed by atoms with Crippen LogP contribution < -0.4 is 10.6 Å². The molecule has 1 rings (SSSR count). The molecule has 0 saturated heterocycles. The normalized spacial score (nSPS) is 12.9. The van der Waals surface area contributed by atoms with Crippen LogP contribution in [0.3, 0.4) is 0 Å². The average molecular weight is 438 g/mol. The second-order valence-electron chi connectivity index (χ2n) is 5.42. The Bertz CT molecular complexity index is 434. The van der Waals surface area contributed by atoms with Gasteiger partial charge in [-0.25, -0.2) is 0 Å². The minimum atomic E-state index is 0. The molecule has 1 aromatic rings. The van der Waals surface area contributed by atoms with Crippen LogP contribution in [-0.2, 0) is 6.42 Å². The van der Waals surface area contributed by atoms with E-state index in [1.54, 1.807) is 0 Å². The summed E-state index contributed by atoms with van der Waals surface area (Å²) in [6, 6.07) is 4.79. The molecule has 0 fully saturated rings. The van der Waals surface area contributed by atoms with Crippen LogP contribution in [0.5, 0.6) is 0 Å². The van der Waals surface area contributed by atoms with E-state index in [0.717, 1.165) is 38.6 Å². The first kappa shape index (κ1) is 21.7. The molecular formula is C16H31IN4S. The highest BCUT2D eigenvalue weighted by Crippen LogP contribution is 2.16. The fourth-order valence-electron chi connectivity index (χ4n) is 1.99. The predicted molar refractivity (Wildman–Crippen MR) is 110 cm³/mol. The van der Waals surface area contributed by atoms with E-state index in [4.69, 9.17) is 0 Å². The highest BCUT2D eigenvalue weighted by molar-refractivity contribution is 14.0. The van der Waals surface area contributed by atoms with Crippen molar-refractivity contribution in [2.24, 2.45) is 4.99 Å². The molecule has 22 heavy (non-hydrogen) atoms. The van der Waals surface area contributed by atoms with Crippen LogP contribution in [-0.4, -0.2) is 50.1 Å². The summed E-state index contributed by atoms with van der Waals surface area (Å²) in [7, 11) is 2.12. The monoisotopic (exact) mass is 438 g/mol. The van der Waals surface area contributed by atoms with Crippen molar-refractivity contribution in [3.8, 4) is 0 Å². The first-order valence-electron chi connectivity index (χ1n) is 7.83. The fourth-order valence-corrected chi connectivity index (χ4v) is 3.01. The zero-order valence-corrected chi connectivity index (χ0v) is 17.6. The minimum absolute atomic E-state index is 0. The molecule has 0 spiro atoms. The van der Waals surface area contributed by atoms with Crippen LogP contribution in [0.4, 0.5) is 0 Å². The highest BCUT2D eigenvalue weighted by atomic mass is 127. The number of nitrogens with one attached hydrogen (secondary N) is 2. The molecule has 4 nitrogen and oxygen atoms in total. The molecule has 2 N–H and O–H groups in total. The Morgan fingerprint density at radius 1 is 1.36 bits per heavy atom. The van der Waals surface area contributed by atoms with Crippen LogP contribution in [0, 0.1) is 6.92 Å². The second-order valence-corrected chi connectivity index (χ2v) is 6.79. The highest BCUT2D eigenvalue weighted by Gasteiger charge is 2.07. The topological polar surface area (TPSA) is 39.7 Å². The Hall–Kier alpha value is -0.340. The molecule has 0 radical (unpaired) electrons. The number of hydrogen-bond acceptors (Lipinski definition) is 3. The van der Waals surface area contributed by atoms with Crippen molar-refractivity contribution < 1.29 is 0 Å². The summed E-state index contributed by atoms with van der Waals surface area (Å²) >= 11 is 1.87. The van der Waals surface area contributed by atoms with E-state index in [0.29, 0.717) is 6.04 Å². The van der Waals surface area contributed by atoms with Gasteiger partial charge in [-0.3, -0.25) is 4.99 Å². The number of hydrogen-bond donors (Lipinski definition) is 2. The van der Waals surface area contributed by atoms with E-state index in [2.05, 4.69) is 67.4 Å². The van der Waals surface area contributed by atoms with Crippen LogP contribution >= 0.6 is 35.3 Å². The molecular weight excluding hydrogens is 407 g/mol. The van der Waals surface area contributed by atoms with Gasteiger partial charge in [-0.05, 0) is 46.5 Å². The molecule has 6 heteroatoms. The summed E-state index contributed by atoms with van der Waals surface area (Å²) in [4.78, 5) is 9.71. The van der Waals surface area contributed by atoms with E-state index >= 15 is 0 Å². The van der Waals surface area contributed by atoms with Crippen molar-refractivity contribution in [3.05, 3.63) is 21.9 Å². The molecule has 0 bridgehead atoms. The van der Waals surface area contributed by atoms with E-state index in [1.807, 2.05) is 11.3 Å². The molecule has 0 saturated carbocycles. The quantitative estimate of drug-likeness (QED) is 0.372. The molecule has 1 heterocycles. The van der Waals surface area contributed by atoms with Gasteiger partial charge in [0.1, 0.15) is 0 Å². The van der Waals surface area contributed by atoms with Crippen LogP contribution in [0.15, 0.2) is 17.1 Å². The molecule has 0 aliphatic carbocycles. The van der Waals surface area contributed by atoms with Gasteiger partial charge in [0.2, 0.25) is 0 Å². The third kappa shape index (κ3) is 8.95. The lowest BCUT2D eigenvalue weighted by Gasteiger charge is -2.18. The lowest BCUT2D eigenvalue weighted by atomic mass is 10.2. The van der Waals surface area contributed by atoms with Crippen molar-refractivity contribution in [3.63, 3.8) is 0 Å². The smallest absolute Gasteiger partial charge is 0.191 e. The number of rotatable bonds is 8. The summed E-state index contributed by atoms with van der Waals surface area (Å²) in [5, 5.41) is 6.81. The second kappa shape index (κ2) is 12.1. The van der Waals surface area contributed by atoms with Crippen LogP contribution in [0.25, 0.3) is 0 Å². The van der Waals surface area contributed by atoms with Gasteiger partial charge in [0.15, 0.2) is 5.96 Å². The van der Waals surface area contributed by atoms with Crippen molar-refractivity contribution in [2.75, 3.05) is 33.2 Å². The third-order valence-electron chi connectivity index (χ3n) is 3.32. The maximum Gasteiger partial charge on any atom is 0.191 e. The number of aliphatic imine (C=N–C) groups is 1.